The number of pyridine rings is 1. The van der Waals surface area contributed by atoms with Gasteiger partial charge in [-0.1, -0.05) is 13.8 Å². The SMILES string of the molecule is CCOC(=O)c1cn2cc(C(C)C)cc(Br)c2n1. The topological polar surface area (TPSA) is 43.6 Å². The molecular weight excluding hydrogens is 296 g/mol. The molecule has 0 saturated carbocycles. The summed E-state index contributed by atoms with van der Waals surface area (Å²) in [5.41, 5.74) is 2.24. The molecule has 0 saturated heterocycles. The average molecular weight is 311 g/mol. The Morgan fingerprint density at radius 3 is 2.83 bits per heavy atom. The molecule has 0 spiro atoms. The van der Waals surface area contributed by atoms with Crippen LogP contribution in [0, 0.1) is 0 Å². The first-order valence-electron chi connectivity index (χ1n) is 5.88. The van der Waals surface area contributed by atoms with Crippen molar-refractivity contribution in [1.82, 2.24) is 9.38 Å². The number of imidazole rings is 1. The third-order valence-corrected chi connectivity index (χ3v) is 3.26. The number of rotatable bonds is 3. The molecule has 0 atom stereocenters. The summed E-state index contributed by atoms with van der Waals surface area (Å²) >= 11 is 3.48. The number of fused-ring (bicyclic) bond motifs is 1. The van der Waals surface area contributed by atoms with Crippen molar-refractivity contribution in [3.05, 3.63) is 34.2 Å². The van der Waals surface area contributed by atoms with Crippen molar-refractivity contribution >= 4 is 27.5 Å². The lowest BCUT2D eigenvalue weighted by Crippen LogP contribution is -2.04. The second kappa shape index (κ2) is 5.10. The summed E-state index contributed by atoms with van der Waals surface area (Å²) < 4.78 is 7.68. The first-order valence-corrected chi connectivity index (χ1v) is 6.67. The molecule has 0 radical (unpaired) electrons. The number of hydrogen-bond donors (Lipinski definition) is 0. The summed E-state index contributed by atoms with van der Waals surface area (Å²) in [6, 6.07) is 2.03. The van der Waals surface area contributed by atoms with E-state index in [0.29, 0.717) is 18.2 Å². The summed E-state index contributed by atoms with van der Waals surface area (Å²) in [6.07, 6.45) is 3.68. The highest BCUT2D eigenvalue weighted by molar-refractivity contribution is 9.10. The largest absolute Gasteiger partial charge is 0.461 e. The Bertz CT molecular complexity index is 590. The van der Waals surface area contributed by atoms with Crippen LogP contribution in [0.1, 0.15) is 42.7 Å². The Labute approximate surface area is 114 Å². The Kier molecular flexibility index (Phi) is 3.71. The molecule has 0 fully saturated rings. The predicted molar refractivity (Wildman–Crippen MR) is 72.9 cm³/mol. The summed E-state index contributed by atoms with van der Waals surface area (Å²) in [7, 11) is 0. The number of esters is 1. The van der Waals surface area contributed by atoms with Crippen molar-refractivity contribution in [2.75, 3.05) is 6.61 Å². The highest BCUT2D eigenvalue weighted by atomic mass is 79.9. The van der Waals surface area contributed by atoms with Gasteiger partial charge in [-0.15, -0.1) is 0 Å². The van der Waals surface area contributed by atoms with E-state index in [0.717, 1.165) is 10.1 Å². The summed E-state index contributed by atoms with van der Waals surface area (Å²) in [5.74, 6) is 0.0262. The molecule has 5 heteroatoms. The third kappa shape index (κ3) is 2.41. The summed E-state index contributed by atoms with van der Waals surface area (Å²) in [6.45, 7) is 6.37. The normalized spacial score (nSPS) is 11.2. The standard InChI is InChI=1S/C13H15BrN2O2/c1-4-18-13(17)11-7-16-6-9(8(2)3)5-10(14)12(16)15-11/h5-8H,4H2,1-3H3. The minimum Gasteiger partial charge on any atom is -0.461 e. The molecule has 0 aliphatic carbocycles. The Hall–Kier alpha value is -1.36. The van der Waals surface area contributed by atoms with Crippen LogP contribution in [0.3, 0.4) is 0 Å². The number of nitrogens with zero attached hydrogens (tertiary/aromatic N) is 2. The maximum absolute atomic E-state index is 11.6. The molecule has 2 heterocycles. The van der Waals surface area contributed by atoms with Crippen molar-refractivity contribution < 1.29 is 9.53 Å². The fraction of sp³-hybridized carbons (Fsp3) is 0.385. The van der Waals surface area contributed by atoms with Crippen LogP contribution in [0.25, 0.3) is 5.65 Å². The van der Waals surface area contributed by atoms with Crippen molar-refractivity contribution in [3.8, 4) is 0 Å². The first-order chi connectivity index (χ1) is 8.52. The zero-order valence-electron chi connectivity index (χ0n) is 10.6. The fourth-order valence-corrected chi connectivity index (χ4v) is 2.25. The Morgan fingerprint density at radius 2 is 2.22 bits per heavy atom. The van der Waals surface area contributed by atoms with Gasteiger partial charge in [0.05, 0.1) is 11.1 Å². The highest BCUT2D eigenvalue weighted by Gasteiger charge is 2.14. The van der Waals surface area contributed by atoms with Gasteiger partial charge in [-0.05, 0) is 40.4 Å². The number of hydrogen-bond acceptors (Lipinski definition) is 3. The zero-order valence-corrected chi connectivity index (χ0v) is 12.2. The molecule has 18 heavy (non-hydrogen) atoms. The third-order valence-electron chi connectivity index (χ3n) is 2.68. The second-order valence-corrected chi connectivity index (χ2v) is 5.21. The first kappa shape index (κ1) is 13.1. The van der Waals surface area contributed by atoms with Crippen LogP contribution in [0.5, 0.6) is 0 Å². The predicted octanol–water partition coefficient (Wildman–Crippen LogP) is 3.40. The maximum Gasteiger partial charge on any atom is 0.358 e. The zero-order chi connectivity index (χ0) is 13.3. The molecule has 2 aromatic rings. The van der Waals surface area contributed by atoms with Crippen LogP contribution in [0.2, 0.25) is 0 Å². The number of carbonyl (C=O) groups is 1. The molecule has 0 aliphatic rings. The van der Waals surface area contributed by atoms with Crippen molar-refractivity contribution in [2.45, 2.75) is 26.7 Å². The van der Waals surface area contributed by atoms with E-state index in [4.69, 9.17) is 4.74 Å². The van der Waals surface area contributed by atoms with Gasteiger partial charge in [-0.3, -0.25) is 0 Å². The highest BCUT2D eigenvalue weighted by Crippen LogP contribution is 2.24. The Balaban J connectivity index is 2.50. The minimum atomic E-state index is -0.390. The fourth-order valence-electron chi connectivity index (χ4n) is 1.70. The molecule has 2 rings (SSSR count). The van der Waals surface area contributed by atoms with Crippen LogP contribution < -0.4 is 0 Å². The molecule has 0 N–H and O–H groups in total. The van der Waals surface area contributed by atoms with E-state index in [2.05, 4.69) is 34.8 Å². The lowest BCUT2D eigenvalue weighted by molar-refractivity contribution is 0.0520. The molecule has 4 nitrogen and oxygen atoms in total. The summed E-state index contributed by atoms with van der Waals surface area (Å²) in [4.78, 5) is 15.9. The monoisotopic (exact) mass is 310 g/mol. The quantitative estimate of drug-likeness (QED) is 0.816. The van der Waals surface area contributed by atoms with Gasteiger partial charge in [0.25, 0.3) is 0 Å². The van der Waals surface area contributed by atoms with E-state index in [-0.39, 0.29) is 5.97 Å². The molecule has 0 unspecified atom stereocenters. The van der Waals surface area contributed by atoms with Gasteiger partial charge in [-0.25, -0.2) is 9.78 Å². The van der Waals surface area contributed by atoms with Gasteiger partial charge in [0.1, 0.15) is 0 Å². The number of carbonyl (C=O) groups excluding carboxylic acids is 1. The number of aromatic nitrogens is 2. The van der Waals surface area contributed by atoms with E-state index in [1.165, 1.54) is 5.56 Å². The number of ether oxygens (including phenoxy) is 1. The molecule has 2 aromatic heterocycles. The summed E-state index contributed by atoms with van der Waals surface area (Å²) in [5, 5.41) is 0. The van der Waals surface area contributed by atoms with Crippen molar-refractivity contribution in [3.63, 3.8) is 0 Å². The molecule has 0 aromatic carbocycles. The minimum absolute atomic E-state index is 0.332. The Morgan fingerprint density at radius 1 is 1.50 bits per heavy atom. The van der Waals surface area contributed by atoms with Crippen LogP contribution >= 0.6 is 15.9 Å². The molecule has 0 amide bonds. The second-order valence-electron chi connectivity index (χ2n) is 4.35. The maximum atomic E-state index is 11.6. The lowest BCUT2D eigenvalue weighted by Gasteiger charge is -2.06. The van der Waals surface area contributed by atoms with Crippen molar-refractivity contribution in [2.24, 2.45) is 0 Å². The van der Waals surface area contributed by atoms with Gasteiger partial charge in [0, 0.05) is 12.4 Å². The molecule has 96 valence electrons. The lowest BCUT2D eigenvalue weighted by atomic mass is 10.1. The van der Waals surface area contributed by atoms with Gasteiger partial charge >= 0.3 is 5.97 Å². The van der Waals surface area contributed by atoms with E-state index < -0.39 is 0 Å². The van der Waals surface area contributed by atoms with Crippen LogP contribution in [0.15, 0.2) is 22.9 Å². The van der Waals surface area contributed by atoms with Gasteiger partial charge in [-0.2, -0.15) is 0 Å². The molecule has 0 bridgehead atoms. The van der Waals surface area contributed by atoms with E-state index >= 15 is 0 Å². The van der Waals surface area contributed by atoms with Gasteiger partial charge < -0.3 is 9.14 Å². The molecule has 0 aliphatic heterocycles. The smallest absolute Gasteiger partial charge is 0.358 e. The van der Waals surface area contributed by atoms with Gasteiger partial charge in [0.2, 0.25) is 0 Å². The molecular formula is C13H15BrN2O2. The van der Waals surface area contributed by atoms with E-state index in [1.807, 2.05) is 16.7 Å². The van der Waals surface area contributed by atoms with Crippen LogP contribution in [0.4, 0.5) is 0 Å². The van der Waals surface area contributed by atoms with Crippen LogP contribution in [-0.2, 0) is 4.74 Å². The number of halogens is 1. The van der Waals surface area contributed by atoms with E-state index in [9.17, 15) is 4.79 Å². The van der Waals surface area contributed by atoms with Gasteiger partial charge in [0.15, 0.2) is 11.3 Å². The van der Waals surface area contributed by atoms with E-state index in [1.54, 1.807) is 13.1 Å². The van der Waals surface area contributed by atoms with Crippen molar-refractivity contribution in [1.29, 1.82) is 0 Å². The average Bonchev–Trinajstić information content (AvgIpc) is 2.73. The van der Waals surface area contributed by atoms with Crippen LogP contribution in [-0.4, -0.2) is 22.0 Å².